The zero-order valence-electron chi connectivity index (χ0n) is 18.0. The summed E-state index contributed by atoms with van der Waals surface area (Å²) in [5.41, 5.74) is 1.97. The minimum absolute atomic E-state index is 0.0834. The summed E-state index contributed by atoms with van der Waals surface area (Å²) in [5.74, 6) is 0.940. The number of aryl methyl sites for hydroxylation is 1. The largest absolute Gasteiger partial charge is 0.454 e. The first-order valence-electron chi connectivity index (χ1n) is 11.0. The molecule has 2 heterocycles. The van der Waals surface area contributed by atoms with Gasteiger partial charge in [0.1, 0.15) is 12.2 Å². The fraction of sp³-hybridized carbons (Fsp3) is 0.333. The number of nitrogens with one attached hydrogen (secondary N) is 2. The average Bonchev–Trinajstić information content (AvgIpc) is 3.50. The molecule has 2 aliphatic rings. The predicted molar refractivity (Wildman–Crippen MR) is 120 cm³/mol. The topological polar surface area (TPSA) is 112 Å². The predicted octanol–water partition coefficient (Wildman–Crippen LogP) is 1.65. The van der Waals surface area contributed by atoms with Crippen LogP contribution >= 0.6 is 0 Å². The molecule has 1 saturated carbocycles. The summed E-state index contributed by atoms with van der Waals surface area (Å²) in [5, 5.41) is 5.77. The van der Waals surface area contributed by atoms with Crippen LogP contribution in [0.5, 0.6) is 11.5 Å². The van der Waals surface area contributed by atoms with Crippen LogP contribution in [0.1, 0.15) is 30.5 Å². The molecule has 3 aromatic rings. The summed E-state index contributed by atoms with van der Waals surface area (Å²) in [4.78, 5) is 42.4. The fourth-order valence-corrected chi connectivity index (χ4v) is 3.78. The maximum atomic E-state index is 13.1. The number of benzene rings is 2. The van der Waals surface area contributed by atoms with Crippen molar-refractivity contribution in [2.24, 2.45) is 0 Å². The van der Waals surface area contributed by atoms with E-state index in [4.69, 9.17) is 9.47 Å². The van der Waals surface area contributed by atoms with Crippen LogP contribution in [0.2, 0.25) is 0 Å². The number of ether oxygens (including phenoxy) is 2. The Morgan fingerprint density at radius 1 is 1.06 bits per heavy atom. The molecule has 33 heavy (non-hydrogen) atoms. The Kier molecular flexibility index (Phi) is 5.68. The lowest BCUT2D eigenvalue weighted by atomic mass is 10.2. The number of rotatable bonds is 8. The second-order valence-electron chi connectivity index (χ2n) is 8.24. The van der Waals surface area contributed by atoms with Crippen LogP contribution in [-0.2, 0) is 29.1 Å². The number of hydrogen-bond donors (Lipinski definition) is 2. The molecule has 0 saturated heterocycles. The highest BCUT2D eigenvalue weighted by atomic mass is 16.7. The maximum Gasteiger partial charge on any atom is 0.273 e. The van der Waals surface area contributed by atoms with Gasteiger partial charge in [-0.3, -0.25) is 19.0 Å². The van der Waals surface area contributed by atoms with E-state index in [1.165, 1.54) is 4.57 Å². The number of amides is 2. The van der Waals surface area contributed by atoms with Gasteiger partial charge in [0.2, 0.25) is 18.6 Å². The zero-order valence-corrected chi connectivity index (χ0v) is 18.0. The summed E-state index contributed by atoms with van der Waals surface area (Å²) >= 11 is 0. The normalized spacial score (nSPS) is 14.3. The number of carbonyl (C=O) groups excluding carboxylic acids is 2. The maximum absolute atomic E-state index is 13.1. The summed E-state index contributed by atoms with van der Waals surface area (Å²) in [7, 11) is 0. The molecule has 9 nitrogen and oxygen atoms in total. The van der Waals surface area contributed by atoms with Gasteiger partial charge in [-0.25, -0.2) is 4.98 Å². The number of carbonyl (C=O) groups is 2. The van der Waals surface area contributed by atoms with Crippen molar-refractivity contribution in [3.63, 3.8) is 0 Å². The van der Waals surface area contributed by atoms with Gasteiger partial charge in [0.05, 0.1) is 11.0 Å². The fourth-order valence-electron chi connectivity index (χ4n) is 3.78. The molecule has 1 aliphatic heterocycles. The van der Waals surface area contributed by atoms with Crippen molar-refractivity contribution in [1.82, 2.24) is 20.2 Å². The molecule has 0 spiro atoms. The lowest BCUT2D eigenvalue weighted by molar-refractivity contribution is -0.122. The molecule has 9 heteroatoms. The molecule has 2 aromatic carbocycles. The van der Waals surface area contributed by atoms with Crippen LogP contribution in [0.3, 0.4) is 0 Å². The summed E-state index contributed by atoms with van der Waals surface area (Å²) < 4.78 is 12.1. The quantitative estimate of drug-likeness (QED) is 0.542. The molecule has 1 aliphatic carbocycles. The first-order chi connectivity index (χ1) is 16.1. The lowest BCUT2D eigenvalue weighted by Crippen LogP contribution is -2.34. The molecule has 2 N–H and O–H groups in total. The van der Waals surface area contributed by atoms with Gasteiger partial charge >= 0.3 is 0 Å². The molecule has 170 valence electrons. The molecule has 0 bridgehead atoms. The Hall–Kier alpha value is -3.88. The lowest BCUT2D eigenvalue weighted by Gasteiger charge is -2.13. The van der Waals surface area contributed by atoms with Gasteiger partial charge in [0, 0.05) is 25.4 Å². The van der Waals surface area contributed by atoms with Crippen molar-refractivity contribution in [3.05, 3.63) is 64.1 Å². The van der Waals surface area contributed by atoms with Crippen LogP contribution in [0.25, 0.3) is 11.0 Å². The van der Waals surface area contributed by atoms with Gasteiger partial charge < -0.3 is 20.1 Å². The Labute approximate surface area is 189 Å². The Bertz CT molecular complexity index is 1280. The third-order valence-corrected chi connectivity index (χ3v) is 5.68. The van der Waals surface area contributed by atoms with Gasteiger partial charge in [-0.15, -0.1) is 0 Å². The van der Waals surface area contributed by atoms with Gasteiger partial charge in [-0.05, 0) is 42.7 Å². The van der Waals surface area contributed by atoms with Gasteiger partial charge in [-0.2, -0.15) is 0 Å². The summed E-state index contributed by atoms with van der Waals surface area (Å²) in [6.45, 7) is 0.336. The van der Waals surface area contributed by atoms with Crippen molar-refractivity contribution in [2.75, 3.05) is 6.79 Å². The van der Waals surface area contributed by atoms with Crippen molar-refractivity contribution < 1.29 is 19.1 Å². The van der Waals surface area contributed by atoms with E-state index in [9.17, 15) is 14.4 Å². The van der Waals surface area contributed by atoms with Crippen molar-refractivity contribution in [2.45, 2.75) is 44.8 Å². The summed E-state index contributed by atoms with van der Waals surface area (Å²) in [6, 6.07) is 12.9. The standard InChI is InChI=1S/C24H24N4O5/c29-22(26-16-6-7-16)10-8-18-24(31)28(19-4-2-1-3-17(19)27-18)13-23(30)25-12-15-5-9-20-21(11-15)33-14-32-20/h1-5,9,11,16H,6-8,10,12-14H2,(H,25,30)(H,26,29). The Balaban J connectivity index is 1.30. The average molecular weight is 448 g/mol. The van der Waals surface area contributed by atoms with Crippen molar-refractivity contribution >= 4 is 22.8 Å². The highest BCUT2D eigenvalue weighted by molar-refractivity contribution is 5.80. The molecule has 0 radical (unpaired) electrons. The zero-order chi connectivity index (χ0) is 22.8. The molecule has 5 rings (SSSR count). The van der Waals surface area contributed by atoms with Crippen molar-refractivity contribution in [3.8, 4) is 11.5 Å². The van der Waals surface area contributed by atoms with E-state index < -0.39 is 0 Å². The SMILES string of the molecule is O=C(Cn1c(=O)c(CCC(=O)NC2CC2)nc2ccccc21)NCc1ccc2c(c1)OCO2. The third kappa shape index (κ3) is 4.82. The van der Waals surface area contributed by atoms with E-state index in [0.717, 1.165) is 18.4 Å². The highest BCUT2D eigenvalue weighted by Gasteiger charge is 2.23. The molecule has 1 fully saturated rings. The number of aromatic nitrogens is 2. The van der Waals surface area contributed by atoms with E-state index in [2.05, 4.69) is 15.6 Å². The van der Waals surface area contributed by atoms with Gasteiger partial charge in [0.25, 0.3) is 5.56 Å². The van der Waals surface area contributed by atoms with E-state index in [1.807, 2.05) is 18.2 Å². The number of fused-ring (bicyclic) bond motifs is 2. The number of para-hydroxylation sites is 2. The smallest absolute Gasteiger partial charge is 0.273 e. The van der Waals surface area contributed by atoms with Crippen LogP contribution in [0.15, 0.2) is 47.3 Å². The van der Waals surface area contributed by atoms with Crippen molar-refractivity contribution in [1.29, 1.82) is 0 Å². The highest BCUT2D eigenvalue weighted by Crippen LogP contribution is 2.32. The van der Waals surface area contributed by atoms with Crippen LogP contribution < -0.4 is 25.7 Å². The second-order valence-corrected chi connectivity index (χ2v) is 8.24. The van der Waals surface area contributed by atoms with E-state index in [1.54, 1.807) is 24.3 Å². The minimum atomic E-state index is -0.355. The van der Waals surface area contributed by atoms with E-state index in [0.29, 0.717) is 29.1 Å². The number of nitrogens with zero attached hydrogens (tertiary/aromatic N) is 2. The molecular weight excluding hydrogens is 424 g/mol. The minimum Gasteiger partial charge on any atom is -0.454 e. The summed E-state index contributed by atoms with van der Waals surface area (Å²) in [6.07, 6.45) is 2.43. The van der Waals surface area contributed by atoms with E-state index >= 15 is 0 Å². The second kappa shape index (κ2) is 8.93. The first-order valence-corrected chi connectivity index (χ1v) is 11.0. The third-order valence-electron chi connectivity index (χ3n) is 5.68. The Morgan fingerprint density at radius 2 is 1.88 bits per heavy atom. The first kappa shape index (κ1) is 21.0. The van der Waals surface area contributed by atoms with Crippen LogP contribution in [0.4, 0.5) is 0 Å². The van der Waals surface area contributed by atoms with Crippen LogP contribution in [-0.4, -0.2) is 34.2 Å². The molecule has 2 amide bonds. The van der Waals surface area contributed by atoms with Crippen LogP contribution in [0, 0.1) is 0 Å². The van der Waals surface area contributed by atoms with Gasteiger partial charge in [0.15, 0.2) is 11.5 Å². The van der Waals surface area contributed by atoms with Gasteiger partial charge in [-0.1, -0.05) is 18.2 Å². The Morgan fingerprint density at radius 3 is 2.73 bits per heavy atom. The molecule has 0 atom stereocenters. The molecule has 1 aromatic heterocycles. The molecule has 0 unspecified atom stereocenters. The molecular formula is C24H24N4O5. The monoisotopic (exact) mass is 448 g/mol. The van der Waals surface area contributed by atoms with E-state index in [-0.39, 0.29) is 55.3 Å². The number of hydrogen-bond acceptors (Lipinski definition) is 6.